The Morgan fingerprint density at radius 3 is 2.94 bits per heavy atom. The summed E-state index contributed by atoms with van der Waals surface area (Å²) in [5, 5.41) is 3.54. The molecule has 1 aromatic heterocycles. The highest BCUT2D eigenvalue weighted by Gasteiger charge is 2.27. The van der Waals surface area contributed by atoms with Gasteiger partial charge in [-0.25, -0.2) is 0 Å². The Labute approximate surface area is 97.5 Å². The van der Waals surface area contributed by atoms with E-state index in [1.807, 2.05) is 12.3 Å². The monoisotopic (exact) mass is 219 g/mol. The molecular weight excluding hydrogens is 198 g/mol. The summed E-state index contributed by atoms with van der Waals surface area (Å²) in [6, 6.07) is 4.29. The van der Waals surface area contributed by atoms with Gasteiger partial charge < -0.3 is 11.1 Å². The van der Waals surface area contributed by atoms with Gasteiger partial charge in [0.15, 0.2) is 0 Å². The van der Waals surface area contributed by atoms with Gasteiger partial charge in [-0.2, -0.15) is 0 Å². The first-order chi connectivity index (χ1) is 7.81. The highest BCUT2D eigenvalue weighted by Crippen LogP contribution is 2.36. The summed E-state index contributed by atoms with van der Waals surface area (Å²) in [4.78, 5) is 4.13. The molecule has 1 saturated carbocycles. The van der Waals surface area contributed by atoms with Gasteiger partial charge >= 0.3 is 0 Å². The van der Waals surface area contributed by atoms with Crippen molar-refractivity contribution in [3.05, 3.63) is 30.1 Å². The molecular formula is C13H21N3. The summed E-state index contributed by atoms with van der Waals surface area (Å²) in [6.45, 7) is 4.01. The highest BCUT2D eigenvalue weighted by atomic mass is 14.9. The van der Waals surface area contributed by atoms with E-state index < -0.39 is 0 Å². The zero-order valence-corrected chi connectivity index (χ0v) is 9.89. The fourth-order valence-electron chi connectivity index (χ4n) is 2.08. The van der Waals surface area contributed by atoms with Gasteiger partial charge in [0, 0.05) is 25.0 Å². The van der Waals surface area contributed by atoms with Crippen LogP contribution in [0.5, 0.6) is 0 Å². The predicted molar refractivity (Wildman–Crippen MR) is 65.9 cm³/mol. The van der Waals surface area contributed by atoms with Crippen LogP contribution in [0, 0.1) is 11.8 Å². The van der Waals surface area contributed by atoms with E-state index >= 15 is 0 Å². The van der Waals surface area contributed by atoms with Crippen LogP contribution in [0.2, 0.25) is 0 Å². The molecule has 0 radical (unpaired) electrons. The van der Waals surface area contributed by atoms with E-state index in [9.17, 15) is 0 Å². The van der Waals surface area contributed by atoms with Gasteiger partial charge in [0.2, 0.25) is 0 Å². The number of pyridine rings is 1. The van der Waals surface area contributed by atoms with Gasteiger partial charge in [-0.15, -0.1) is 0 Å². The minimum absolute atomic E-state index is 0.245. The first-order valence-corrected chi connectivity index (χ1v) is 6.14. The van der Waals surface area contributed by atoms with Gasteiger partial charge in [-0.3, -0.25) is 4.98 Å². The third-order valence-corrected chi connectivity index (χ3v) is 3.44. The topological polar surface area (TPSA) is 50.9 Å². The van der Waals surface area contributed by atoms with Crippen LogP contribution in [0.3, 0.4) is 0 Å². The van der Waals surface area contributed by atoms with Crippen LogP contribution in [0.4, 0.5) is 0 Å². The normalized spacial score (nSPS) is 19.4. The first kappa shape index (κ1) is 11.6. The number of rotatable bonds is 6. The van der Waals surface area contributed by atoms with E-state index in [2.05, 4.69) is 23.3 Å². The van der Waals surface area contributed by atoms with E-state index in [4.69, 9.17) is 5.73 Å². The van der Waals surface area contributed by atoms with Gasteiger partial charge in [0.05, 0.1) is 0 Å². The standard InChI is InChI=1S/C13H21N3/c1-10(11-4-5-11)8-16-13(7-14)12-3-2-6-15-9-12/h2-3,6,9-11,13,16H,4-5,7-8,14H2,1H3. The summed E-state index contributed by atoms with van der Waals surface area (Å²) >= 11 is 0. The number of hydrogen-bond acceptors (Lipinski definition) is 3. The first-order valence-electron chi connectivity index (χ1n) is 6.14. The van der Waals surface area contributed by atoms with Crippen molar-refractivity contribution in [2.45, 2.75) is 25.8 Å². The molecule has 2 atom stereocenters. The van der Waals surface area contributed by atoms with Crippen LogP contribution in [-0.2, 0) is 0 Å². The maximum Gasteiger partial charge on any atom is 0.0459 e. The molecule has 2 unspecified atom stereocenters. The fraction of sp³-hybridized carbons (Fsp3) is 0.615. The molecule has 2 rings (SSSR count). The molecule has 3 N–H and O–H groups in total. The molecule has 88 valence electrons. The minimum atomic E-state index is 0.245. The van der Waals surface area contributed by atoms with E-state index in [0.717, 1.165) is 18.4 Å². The summed E-state index contributed by atoms with van der Waals surface area (Å²) in [5.41, 5.74) is 6.98. The van der Waals surface area contributed by atoms with Crippen LogP contribution in [-0.4, -0.2) is 18.1 Å². The average Bonchev–Trinajstić information content (AvgIpc) is 3.15. The minimum Gasteiger partial charge on any atom is -0.329 e. The highest BCUT2D eigenvalue weighted by molar-refractivity contribution is 5.14. The maximum absolute atomic E-state index is 5.79. The lowest BCUT2D eigenvalue weighted by molar-refractivity contribution is 0.422. The van der Waals surface area contributed by atoms with Crippen molar-refractivity contribution in [1.29, 1.82) is 0 Å². The molecule has 0 saturated heterocycles. The van der Waals surface area contributed by atoms with Gasteiger partial charge in [0.25, 0.3) is 0 Å². The van der Waals surface area contributed by atoms with Gasteiger partial charge in [-0.1, -0.05) is 13.0 Å². The number of aromatic nitrogens is 1. The lowest BCUT2D eigenvalue weighted by Gasteiger charge is -2.19. The Balaban J connectivity index is 1.85. The third kappa shape index (κ3) is 3.03. The lowest BCUT2D eigenvalue weighted by Crippen LogP contribution is -2.32. The maximum atomic E-state index is 5.79. The molecule has 1 aliphatic rings. The Hall–Kier alpha value is -0.930. The molecule has 1 aliphatic carbocycles. The van der Waals surface area contributed by atoms with Crippen molar-refractivity contribution < 1.29 is 0 Å². The summed E-state index contributed by atoms with van der Waals surface area (Å²) in [7, 11) is 0. The largest absolute Gasteiger partial charge is 0.329 e. The second-order valence-corrected chi connectivity index (χ2v) is 4.80. The van der Waals surface area contributed by atoms with Crippen LogP contribution in [0.1, 0.15) is 31.4 Å². The molecule has 0 aliphatic heterocycles. The molecule has 0 spiro atoms. The van der Waals surface area contributed by atoms with Crippen LogP contribution in [0.25, 0.3) is 0 Å². The fourth-order valence-corrected chi connectivity index (χ4v) is 2.08. The van der Waals surface area contributed by atoms with Gasteiger partial charge in [0.1, 0.15) is 0 Å². The molecule has 0 amide bonds. The number of nitrogens with two attached hydrogens (primary N) is 1. The van der Waals surface area contributed by atoms with Gasteiger partial charge in [-0.05, 0) is 42.9 Å². The van der Waals surface area contributed by atoms with Crippen molar-refractivity contribution in [2.75, 3.05) is 13.1 Å². The summed E-state index contributed by atoms with van der Waals surface area (Å²) in [5.74, 6) is 1.71. The van der Waals surface area contributed by atoms with E-state index in [-0.39, 0.29) is 6.04 Å². The zero-order valence-electron chi connectivity index (χ0n) is 9.89. The summed E-state index contributed by atoms with van der Waals surface area (Å²) in [6.07, 6.45) is 6.50. The van der Waals surface area contributed by atoms with Crippen molar-refractivity contribution in [2.24, 2.45) is 17.6 Å². The van der Waals surface area contributed by atoms with Crippen LogP contribution >= 0.6 is 0 Å². The van der Waals surface area contributed by atoms with Crippen molar-refractivity contribution >= 4 is 0 Å². The molecule has 1 heterocycles. The van der Waals surface area contributed by atoms with E-state index in [1.165, 1.54) is 18.4 Å². The molecule has 0 aromatic carbocycles. The second-order valence-electron chi connectivity index (χ2n) is 4.80. The van der Waals surface area contributed by atoms with E-state index in [1.54, 1.807) is 6.20 Å². The Morgan fingerprint density at radius 2 is 2.38 bits per heavy atom. The third-order valence-electron chi connectivity index (χ3n) is 3.44. The quantitative estimate of drug-likeness (QED) is 0.766. The lowest BCUT2D eigenvalue weighted by atomic mass is 10.0. The Bertz CT molecular complexity index is 308. The van der Waals surface area contributed by atoms with Crippen molar-refractivity contribution in [1.82, 2.24) is 10.3 Å². The van der Waals surface area contributed by atoms with Crippen LogP contribution < -0.4 is 11.1 Å². The van der Waals surface area contributed by atoms with Crippen LogP contribution in [0.15, 0.2) is 24.5 Å². The summed E-state index contributed by atoms with van der Waals surface area (Å²) < 4.78 is 0. The van der Waals surface area contributed by atoms with Crippen molar-refractivity contribution in [3.63, 3.8) is 0 Å². The molecule has 3 heteroatoms. The zero-order chi connectivity index (χ0) is 11.4. The second kappa shape index (κ2) is 5.41. The smallest absolute Gasteiger partial charge is 0.0459 e. The molecule has 0 bridgehead atoms. The average molecular weight is 219 g/mol. The Morgan fingerprint density at radius 1 is 1.56 bits per heavy atom. The predicted octanol–water partition coefficient (Wildman–Crippen LogP) is 1.72. The number of nitrogens with zero attached hydrogens (tertiary/aromatic N) is 1. The van der Waals surface area contributed by atoms with E-state index in [0.29, 0.717) is 6.54 Å². The number of hydrogen-bond donors (Lipinski definition) is 2. The number of nitrogens with one attached hydrogen (secondary N) is 1. The molecule has 3 nitrogen and oxygen atoms in total. The molecule has 1 fully saturated rings. The molecule has 16 heavy (non-hydrogen) atoms. The van der Waals surface area contributed by atoms with Crippen molar-refractivity contribution in [3.8, 4) is 0 Å². The Kier molecular flexibility index (Phi) is 3.91. The SMILES string of the molecule is CC(CNC(CN)c1cccnc1)C1CC1. The molecule has 1 aromatic rings.